The number of benzene rings is 1. The number of cyclic esters (lactones) is 1. The number of likely N-dealkylation sites (N-methyl/N-ethyl adjacent to an activating group) is 1. The standard InChI is InChI=1S/C44H67N5O9/c1-12-34-44(8)38-27(4)35(46-24-48(49(38)42(53)58-44)21-15-16-30-19-20-45-32-18-14-13-17-31(30)32)25(2)23-43(7,54-11)39(28(5)36(50)29(6)40(52)56-34)57-41-37(51)33(47(9)10)22-26(3)55-41/h13-14,17-20,25-29,33-35,37-39,41,46,51H,12,15-16,21-24H2,1-11H3/t25-,26-,27+,28+,29-,33+,34-,35?,37-,38-,39-,41+,43-,44-/m1/s1. The van der Waals surface area contributed by atoms with Crippen molar-refractivity contribution in [3.8, 4) is 0 Å². The summed E-state index contributed by atoms with van der Waals surface area (Å²) in [6.07, 6.45) is 0.283. The fourth-order valence-electron chi connectivity index (χ4n) is 10.5. The first-order valence-electron chi connectivity index (χ1n) is 21.2. The molecule has 0 aliphatic carbocycles. The summed E-state index contributed by atoms with van der Waals surface area (Å²) in [5.74, 6) is -3.39. The Morgan fingerprint density at radius 3 is 2.48 bits per heavy atom. The molecular formula is C44H67N5O9. The molecule has 1 aromatic carbocycles. The van der Waals surface area contributed by atoms with Crippen LogP contribution in [0, 0.1) is 23.7 Å². The van der Waals surface area contributed by atoms with E-state index in [1.54, 1.807) is 26.0 Å². The molecule has 5 heterocycles. The van der Waals surface area contributed by atoms with Crippen LogP contribution in [0.3, 0.4) is 0 Å². The Morgan fingerprint density at radius 2 is 1.79 bits per heavy atom. The summed E-state index contributed by atoms with van der Waals surface area (Å²) in [5.41, 5.74) is -0.181. The molecule has 2 bridgehead atoms. The molecule has 14 heteroatoms. The number of aromatic nitrogens is 1. The van der Waals surface area contributed by atoms with E-state index in [1.807, 2.05) is 76.1 Å². The van der Waals surface area contributed by atoms with Gasteiger partial charge >= 0.3 is 12.1 Å². The number of hydrogen-bond donors (Lipinski definition) is 2. The largest absolute Gasteiger partial charge is 0.458 e. The van der Waals surface area contributed by atoms with Gasteiger partial charge in [-0.15, -0.1) is 0 Å². The van der Waals surface area contributed by atoms with Gasteiger partial charge in [0.1, 0.15) is 18.1 Å². The molecule has 14 nitrogen and oxygen atoms in total. The average Bonchev–Trinajstić information content (AvgIpc) is 3.37. The van der Waals surface area contributed by atoms with Gasteiger partial charge in [-0.1, -0.05) is 45.9 Å². The molecule has 322 valence electrons. The predicted octanol–water partition coefficient (Wildman–Crippen LogP) is 4.95. The minimum atomic E-state index is -1.23. The van der Waals surface area contributed by atoms with E-state index < -0.39 is 65.7 Å². The number of pyridine rings is 1. The summed E-state index contributed by atoms with van der Waals surface area (Å²) in [6.45, 7) is 16.1. The van der Waals surface area contributed by atoms with Crippen LogP contribution in [0.5, 0.6) is 0 Å². The Kier molecular flexibility index (Phi) is 13.6. The van der Waals surface area contributed by atoms with Crippen LogP contribution < -0.4 is 5.32 Å². The Labute approximate surface area is 344 Å². The van der Waals surface area contributed by atoms with Gasteiger partial charge in [-0.25, -0.2) is 14.8 Å². The van der Waals surface area contributed by atoms with Crippen LogP contribution in [0.4, 0.5) is 4.79 Å². The van der Waals surface area contributed by atoms with Crippen molar-refractivity contribution >= 4 is 28.7 Å². The molecule has 6 rings (SSSR count). The van der Waals surface area contributed by atoms with Gasteiger partial charge in [-0.05, 0) is 103 Å². The maximum absolute atomic E-state index is 14.4. The number of carbonyl (C=O) groups is 3. The van der Waals surface area contributed by atoms with E-state index in [2.05, 4.69) is 36.3 Å². The normalized spacial score (nSPS) is 39.3. The van der Waals surface area contributed by atoms with E-state index in [0.717, 1.165) is 23.7 Å². The van der Waals surface area contributed by atoms with Crippen LogP contribution in [-0.2, 0) is 39.7 Å². The molecule has 4 fully saturated rings. The molecular weight excluding hydrogens is 743 g/mol. The first-order valence-corrected chi connectivity index (χ1v) is 21.2. The zero-order chi connectivity index (χ0) is 42.3. The lowest BCUT2D eigenvalue weighted by molar-refractivity contribution is -0.295. The molecule has 2 aromatic rings. The summed E-state index contributed by atoms with van der Waals surface area (Å²) < 4.78 is 32.0. The summed E-state index contributed by atoms with van der Waals surface area (Å²) in [7, 11) is 5.43. The highest BCUT2D eigenvalue weighted by atomic mass is 16.7. The van der Waals surface area contributed by atoms with E-state index in [0.29, 0.717) is 32.5 Å². The Morgan fingerprint density at radius 1 is 1.07 bits per heavy atom. The highest BCUT2D eigenvalue weighted by Crippen LogP contribution is 2.45. The van der Waals surface area contributed by atoms with E-state index in [4.69, 9.17) is 23.7 Å². The molecule has 1 unspecified atom stereocenters. The Bertz CT molecular complexity index is 1780. The van der Waals surface area contributed by atoms with Gasteiger partial charge in [0.2, 0.25) is 0 Å². The van der Waals surface area contributed by atoms with Crippen LogP contribution in [0.15, 0.2) is 36.5 Å². The number of Topliss-reactive ketones (excluding diaryl/α,β-unsaturated/α-hetero) is 1. The number of esters is 1. The fraction of sp³-hybridized carbons (Fsp3) is 0.727. The molecule has 4 aliphatic heterocycles. The minimum Gasteiger partial charge on any atom is -0.458 e. The monoisotopic (exact) mass is 809 g/mol. The fourth-order valence-corrected chi connectivity index (χ4v) is 10.5. The number of aliphatic hydroxyl groups is 1. The number of hydrogen-bond acceptors (Lipinski definition) is 13. The molecule has 14 atom stereocenters. The number of rotatable bonds is 9. The number of nitrogens with one attached hydrogen (secondary N) is 1. The number of methoxy groups -OCH3 is 1. The van der Waals surface area contributed by atoms with Crippen molar-refractivity contribution < 1.29 is 43.2 Å². The smallest absolute Gasteiger partial charge is 0.425 e. The average molecular weight is 810 g/mol. The quantitative estimate of drug-likeness (QED) is 0.260. The topological polar surface area (TPSA) is 152 Å². The van der Waals surface area contributed by atoms with Crippen LogP contribution in [-0.4, -0.2) is 137 Å². The van der Waals surface area contributed by atoms with Gasteiger partial charge in [0, 0.05) is 43.2 Å². The number of fused-ring (bicyclic) bond motifs is 2. The summed E-state index contributed by atoms with van der Waals surface area (Å²) in [6, 6.07) is 9.23. The van der Waals surface area contributed by atoms with Crippen molar-refractivity contribution in [3.05, 3.63) is 42.1 Å². The third kappa shape index (κ3) is 8.39. The third-order valence-electron chi connectivity index (χ3n) is 13.7. The lowest BCUT2D eigenvalue weighted by atomic mass is 9.72. The number of hydrazine groups is 1. The lowest BCUT2D eigenvalue weighted by Gasteiger charge is -2.48. The highest BCUT2D eigenvalue weighted by Gasteiger charge is 2.62. The minimum absolute atomic E-state index is 0.0908. The molecule has 0 radical (unpaired) electrons. The van der Waals surface area contributed by atoms with Gasteiger partial charge in [0.25, 0.3) is 0 Å². The lowest BCUT2D eigenvalue weighted by Crippen LogP contribution is -2.61. The summed E-state index contributed by atoms with van der Waals surface area (Å²) >= 11 is 0. The highest BCUT2D eigenvalue weighted by molar-refractivity contribution is 6.00. The third-order valence-corrected chi connectivity index (χ3v) is 13.7. The molecule has 2 N–H and O–H groups in total. The molecule has 4 aliphatic rings. The number of para-hydroxylation sites is 1. The molecule has 1 aromatic heterocycles. The zero-order valence-electron chi connectivity index (χ0n) is 36.3. The maximum atomic E-state index is 14.4. The van der Waals surface area contributed by atoms with E-state index in [1.165, 1.54) is 5.56 Å². The molecule has 4 saturated heterocycles. The van der Waals surface area contributed by atoms with Crippen LogP contribution in [0.25, 0.3) is 10.9 Å². The van der Waals surface area contributed by atoms with Gasteiger partial charge in [-0.3, -0.25) is 19.9 Å². The maximum Gasteiger partial charge on any atom is 0.425 e. The van der Waals surface area contributed by atoms with Crippen molar-refractivity contribution in [2.75, 3.05) is 34.4 Å². The molecule has 0 spiro atoms. The molecule has 58 heavy (non-hydrogen) atoms. The number of aryl methyl sites for hydroxylation is 1. The van der Waals surface area contributed by atoms with Gasteiger partial charge in [-0.2, -0.15) is 0 Å². The van der Waals surface area contributed by atoms with Crippen molar-refractivity contribution in [1.29, 1.82) is 0 Å². The summed E-state index contributed by atoms with van der Waals surface area (Å²) in [5, 5.41) is 20.3. The number of aliphatic hydroxyl groups excluding tert-OH is 1. The number of ketones is 1. The Hall–Kier alpha value is -3.24. The van der Waals surface area contributed by atoms with Gasteiger partial charge < -0.3 is 33.7 Å². The number of nitrogens with zero attached hydrogens (tertiary/aromatic N) is 4. The number of ether oxygens (including phenoxy) is 5. The van der Waals surface area contributed by atoms with Crippen molar-refractivity contribution in [3.63, 3.8) is 0 Å². The summed E-state index contributed by atoms with van der Waals surface area (Å²) in [4.78, 5) is 49.2. The SMILES string of the molecule is CC[C@H]1OC(=O)[C@H](C)C(=O)[C@H](C)[C@@H](O[C@@H]2O[C@H](C)C[C@H](N(C)C)[C@H]2O)[C@](C)(OC)C[C@@H](C)C2NCN(CCCc3ccnc4ccccc34)N3C(=O)O[C@@]1(C)[C@H]3[C@H]2C. The van der Waals surface area contributed by atoms with E-state index >= 15 is 0 Å². The van der Waals surface area contributed by atoms with Crippen LogP contribution in [0.2, 0.25) is 0 Å². The van der Waals surface area contributed by atoms with E-state index in [9.17, 15) is 19.5 Å². The Balaban J connectivity index is 1.36. The second-order valence-electron chi connectivity index (χ2n) is 18.0. The van der Waals surface area contributed by atoms with Crippen molar-refractivity contribution in [2.24, 2.45) is 23.7 Å². The molecule has 1 amide bonds. The van der Waals surface area contributed by atoms with E-state index in [-0.39, 0.29) is 35.8 Å². The second kappa shape index (κ2) is 17.8. The number of amides is 1. The second-order valence-corrected chi connectivity index (χ2v) is 18.0. The van der Waals surface area contributed by atoms with Crippen LogP contribution >= 0.6 is 0 Å². The first-order chi connectivity index (χ1) is 27.4. The van der Waals surface area contributed by atoms with Crippen LogP contribution in [0.1, 0.15) is 86.6 Å². The van der Waals surface area contributed by atoms with Crippen molar-refractivity contribution in [1.82, 2.24) is 25.2 Å². The number of carbonyl (C=O) groups excluding carboxylic acids is 3. The first kappa shape index (κ1) is 44.3. The predicted molar refractivity (Wildman–Crippen MR) is 218 cm³/mol. The van der Waals surface area contributed by atoms with Crippen molar-refractivity contribution in [2.45, 2.75) is 148 Å². The molecule has 0 saturated carbocycles. The van der Waals surface area contributed by atoms with Gasteiger partial charge in [0.05, 0.1) is 36.0 Å². The van der Waals surface area contributed by atoms with Gasteiger partial charge in [0.15, 0.2) is 17.7 Å². The zero-order valence-corrected chi connectivity index (χ0v) is 36.3.